The molecule has 0 saturated carbocycles. The van der Waals surface area contributed by atoms with Crippen molar-refractivity contribution in [3.05, 3.63) is 75.6 Å². The van der Waals surface area contributed by atoms with Crippen LogP contribution < -0.4 is 5.32 Å². The van der Waals surface area contributed by atoms with Crippen LogP contribution in [0.2, 0.25) is 5.02 Å². The molecule has 5 heteroatoms. The number of amides is 1. The van der Waals surface area contributed by atoms with Gasteiger partial charge in [-0.2, -0.15) is 0 Å². The molecule has 25 heavy (non-hydrogen) atoms. The van der Waals surface area contributed by atoms with E-state index >= 15 is 0 Å². The quantitative estimate of drug-likeness (QED) is 0.531. The van der Waals surface area contributed by atoms with E-state index in [-0.39, 0.29) is 5.91 Å². The highest BCUT2D eigenvalue weighted by Crippen LogP contribution is 2.28. The summed E-state index contributed by atoms with van der Waals surface area (Å²) in [6.45, 7) is 2.53. The first-order chi connectivity index (χ1) is 12.1. The predicted molar refractivity (Wildman–Crippen MR) is 104 cm³/mol. The van der Waals surface area contributed by atoms with Crippen LogP contribution in [-0.2, 0) is 6.54 Å². The van der Waals surface area contributed by atoms with Crippen molar-refractivity contribution >= 4 is 50.0 Å². The van der Waals surface area contributed by atoms with Crippen LogP contribution in [0, 0.1) is 6.92 Å². The van der Waals surface area contributed by atoms with Crippen LogP contribution >= 0.6 is 22.9 Å². The van der Waals surface area contributed by atoms with Gasteiger partial charge in [0.05, 0.1) is 10.4 Å². The van der Waals surface area contributed by atoms with Crippen molar-refractivity contribution in [2.45, 2.75) is 13.5 Å². The number of carbonyl (C=O) groups excluding carboxylic acids is 1. The van der Waals surface area contributed by atoms with Crippen molar-refractivity contribution in [2.75, 3.05) is 0 Å². The van der Waals surface area contributed by atoms with E-state index in [9.17, 15) is 4.79 Å². The lowest BCUT2D eigenvalue weighted by molar-refractivity contribution is 0.0955. The Hall–Kier alpha value is -2.43. The summed E-state index contributed by atoms with van der Waals surface area (Å²) in [5, 5.41) is 5.73. The number of carbonyl (C=O) groups is 1. The lowest BCUT2D eigenvalue weighted by Gasteiger charge is -2.03. The normalized spacial score (nSPS) is 11.1. The van der Waals surface area contributed by atoms with Gasteiger partial charge in [0.2, 0.25) is 0 Å². The molecule has 4 rings (SSSR count). The van der Waals surface area contributed by atoms with Gasteiger partial charge >= 0.3 is 0 Å². The second kappa shape index (κ2) is 6.47. The fraction of sp³-hybridized carbons (Fsp3) is 0.100. The molecule has 0 aliphatic heterocycles. The average molecular weight is 367 g/mol. The summed E-state index contributed by atoms with van der Waals surface area (Å²) in [6.07, 6.45) is 0. The largest absolute Gasteiger partial charge is 0.347 e. The van der Waals surface area contributed by atoms with Crippen LogP contribution in [0.3, 0.4) is 0 Å². The Balaban J connectivity index is 1.58. The number of rotatable bonds is 3. The zero-order valence-corrected chi connectivity index (χ0v) is 15.1. The monoisotopic (exact) mass is 366 g/mol. The van der Waals surface area contributed by atoms with Crippen molar-refractivity contribution < 1.29 is 4.79 Å². The molecule has 0 radical (unpaired) electrons. The zero-order valence-electron chi connectivity index (χ0n) is 13.5. The van der Waals surface area contributed by atoms with E-state index in [1.165, 1.54) is 16.9 Å². The zero-order chi connectivity index (χ0) is 17.4. The Morgan fingerprint density at radius 3 is 2.68 bits per heavy atom. The maximum absolute atomic E-state index is 12.4. The lowest BCUT2D eigenvalue weighted by Crippen LogP contribution is -2.21. The van der Waals surface area contributed by atoms with E-state index in [1.807, 2.05) is 36.4 Å². The van der Waals surface area contributed by atoms with Gasteiger partial charge in [0, 0.05) is 22.3 Å². The van der Waals surface area contributed by atoms with Crippen LogP contribution in [0.25, 0.3) is 21.1 Å². The molecule has 4 aromatic rings. The van der Waals surface area contributed by atoms with E-state index in [2.05, 4.69) is 35.4 Å². The van der Waals surface area contributed by atoms with Crippen molar-refractivity contribution in [3.63, 3.8) is 0 Å². The highest BCUT2D eigenvalue weighted by Gasteiger charge is 2.12. The average Bonchev–Trinajstić information content (AvgIpc) is 3.02. The number of aromatic nitrogens is 1. The molecule has 124 valence electrons. The number of pyridine rings is 1. The van der Waals surface area contributed by atoms with Crippen molar-refractivity contribution in [3.8, 4) is 0 Å². The second-order valence-electron chi connectivity index (χ2n) is 6.00. The minimum Gasteiger partial charge on any atom is -0.347 e. The van der Waals surface area contributed by atoms with Crippen molar-refractivity contribution in [1.82, 2.24) is 10.3 Å². The first-order valence-corrected chi connectivity index (χ1v) is 9.11. The molecular weight excluding hydrogens is 352 g/mol. The van der Waals surface area contributed by atoms with Crippen LogP contribution in [0.4, 0.5) is 0 Å². The Kier molecular flexibility index (Phi) is 4.15. The minimum absolute atomic E-state index is 0.0850. The standard InChI is InChI=1S/C20H15ClN2OS/c1-12-2-7-17-14(8-12)9-15-10-18(25-20(15)23-17)19(24)22-11-13-3-5-16(21)6-4-13/h2-10H,11H2,1H3,(H,22,24). The lowest BCUT2D eigenvalue weighted by atomic mass is 10.1. The predicted octanol–water partition coefficient (Wildman–Crippen LogP) is 5.34. The van der Waals surface area contributed by atoms with E-state index < -0.39 is 0 Å². The van der Waals surface area contributed by atoms with Crippen molar-refractivity contribution in [1.29, 1.82) is 0 Å². The molecular formula is C20H15ClN2OS. The first kappa shape index (κ1) is 16.1. The summed E-state index contributed by atoms with van der Waals surface area (Å²) in [5.74, 6) is -0.0850. The van der Waals surface area contributed by atoms with E-state index in [0.29, 0.717) is 16.4 Å². The summed E-state index contributed by atoms with van der Waals surface area (Å²) < 4.78 is 0. The van der Waals surface area contributed by atoms with Gasteiger partial charge in [0.1, 0.15) is 4.83 Å². The number of benzene rings is 2. The van der Waals surface area contributed by atoms with Gasteiger partial charge in [-0.1, -0.05) is 35.4 Å². The fourth-order valence-corrected chi connectivity index (χ4v) is 3.80. The molecule has 2 heterocycles. The number of nitrogens with zero attached hydrogens (tertiary/aromatic N) is 1. The second-order valence-corrected chi connectivity index (χ2v) is 7.47. The highest BCUT2D eigenvalue weighted by molar-refractivity contribution is 7.20. The number of hydrogen-bond acceptors (Lipinski definition) is 3. The first-order valence-electron chi connectivity index (χ1n) is 7.92. The van der Waals surface area contributed by atoms with Gasteiger partial charge in [0.25, 0.3) is 5.91 Å². The van der Waals surface area contributed by atoms with Crippen LogP contribution in [0.1, 0.15) is 20.8 Å². The molecule has 0 aliphatic rings. The summed E-state index contributed by atoms with van der Waals surface area (Å²) in [5.41, 5.74) is 3.16. The highest BCUT2D eigenvalue weighted by atomic mass is 35.5. The molecule has 1 N–H and O–H groups in total. The maximum atomic E-state index is 12.4. The number of halogens is 1. The summed E-state index contributed by atoms with van der Waals surface area (Å²) in [4.78, 5) is 18.7. The summed E-state index contributed by atoms with van der Waals surface area (Å²) >= 11 is 7.29. The van der Waals surface area contributed by atoms with Gasteiger partial charge in [-0.05, 0) is 48.9 Å². The molecule has 0 fully saturated rings. The number of thiophene rings is 1. The maximum Gasteiger partial charge on any atom is 0.261 e. The topological polar surface area (TPSA) is 42.0 Å². The molecule has 0 unspecified atom stereocenters. The fourth-order valence-electron chi connectivity index (χ4n) is 2.74. The van der Waals surface area contributed by atoms with Gasteiger partial charge in [-0.15, -0.1) is 11.3 Å². The SMILES string of the molecule is Cc1ccc2nc3sc(C(=O)NCc4ccc(Cl)cc4)cc3cc2c1. The molecule has 1 amide bonds. The Labute approximate surface area is 154 Å². The minimum atomic E-state index is -0.0850. The van der Waals surface area contributed by atoms with Crippen LogP contribution in [0.15, 0.2) is 54.6 Å². The number of fused-ring (bicyclic) bond motifs is 2. The molecule has 0 atom stereocenters. The number of hydrogen-bond donors (Lipinski definition) is 1. The van der Waals surface area contributed by atoms with E-state index in [0.717, 1.165) is 26.7 Å². The Morgan fingerprint density at radius 1 is 1.08 bits per heavy atom. The smallest absolute Gasteiger partial charge is 0.261 e. The molecule has 0 aliphatic carbocycles. The van der Waals surface area contributed by atoms with Gasteiger partial charge in [-0.3, -0.25) is 4.79 Å². The third kappa shape index (κ3) is 3.36. The molecule has 2 aromatic heterocycles. The molecule has 0 bridgehead atoms. The van der Waals surface area contributed by atoms with Gasteiger partial charge < -0.3 is 5.32 Å². The van der Waals surface area contributed by atoms with Gasteiger partial charge in [0.15, 0.2) is 0 Å². The molecule has 2 aromatic carbocycles. The Bertz CT molecular complexity index is 1090. The molecule has 0 saturated heterocycles. The number of aryl methyl sites for hydroxylation is 1. The molecule has 3 nitrogen and oxygen atoms in total. The third-order valence-corrected chi connectivity index (χ3v) is 5.34. The number of nitrogens with one attached hydrogen (secondary N) is 1. The summed E-state index contributed by atoms with van der Waals surface area (Å²) in [6, 6.07) is 17.6. The van der Waals surface area contributed by atoms with Crippen LogP contribution in [-0.4, -0.2) is 10.9 Å². The van der Waals surface area contributed by atoms with Gasteiger partial charge in [-0.25, -0.2) is 4.98 Å². The molecule has 0 spiro atoms. The summed E-state index contributed by atoms with van der Waals surface area (Å²) in [7, 11) is 0. The van der Waals surface area contributed by atoms with E-state index in [1.54, 1.807) is 0 Å². The van der Waals surface area contributed by atoms with Crippen molar-refractivity contribution in [2.24, 2.45) is 0 Å². The third-order valence-electron chi connectivity index (χ3n) is 4.05. The van der Waals surface area contributed by atoms with E-state index in [4.69, 9.17) is 11.6 Å². The van der Waals surface area contributed by atoms with Crippen LogP contribution in [0.5, 0.6) is 0 Å². The Morgan fingerprint density at radius 2 is 1.88 bits per heavy atom.